The van der Waals surface area contributed by atoms with Crippen LogP contribution < -0.4 is 10.6 Å². The van der Waals surface area contributed by atoms with Crippen LogP contribution in [0.2, 0.25) is 0 Å². The maximum absolute atomic E-state index is 9.83. The summed E-state index contributed by atoms with van der Waals surface area (Å²) in [6.07, 6.45) is 7.20. The zero-order valence-electron chi connectivity index (χ0n) is 18.1. The van der Waals surface area contributed by atoms with Gasteiger partial charge in [-0.05, 0) is 64.1 Å². The zero-order chi connectivity index (χ0) is 21.3. The minimum atomic E-state index is -0.0631. The number of hydrogen-bond acceptors (Lipinski definition) is 6. The summed E-state index contributed by atoms with van der Waals surface area (Å²) < 4.78 is 0. The average Bonchev–Trinajstić information content (AvgIpc) is 2.71. The number of nitriles is 3. The number of allylic oxidation sites excluding steroid dienone is 4. The molecule has 6 nitrogen and oxygen atoms in total. The monoisotopic (exact) mass is 394 g/mol. The first-order chi connectivity index (χ1) is 14.0. The third-order valence-corrected chi connectivity index (χ3v) is 5.94. The highest BCUT2D eigenvalue weighted by molar-refractivity contribution is 5.57. The summed E-state index contributed by atoms with van der Waals surface area (Å²) in [5.41, 5.74) is 2.23. The van der Waals surface area contributed by atoms with E-state index in [1.165, 1.54) is 19.3 Å². The Kier molecular flexibility index (Phi) is 8.71. The Balaban J connectivity index is 2.03. The normalized spacial score (nSPS) is 19.4. The van der Waals surface area contributed by atoms with Crippen LogP contribution in [0.4, 0.5) is 0 Å². The third-order valence-electron chi connectivity index (χ3n) is 5.94. The lowest BCUT2D eigenvalue weighted by Gasteiger charge is -2.42. The highest BCUT2D eigenvalue weighted by atomic mass is 15.2. The van der Waals surface area contributed by atoms with E-state index in [4.69, 9.17) is 0 Å². The predicted octanol–water partition coefficient (Wildman–Crippen LogP) is 3.37. The average molecular weight is 395 g/mol. The van der Waals surface area contributed by atoms with Crippen LogP contribution in [-0.4, -0.2) is 44.2 Å². The molecule has 2 aliphatic rings. The van der Waals surface area contributed by atoms with E-state index >= 15 is 0 Å². The molecular formula is C23H34N6. The minimum Gasteiger partial charge on any atom is -0.374 e. The molecule has 2 N–H and O–H groups in total. The topological polar surface area (TPSA) is 98.7 Å². The van der Waals surface area contributed by atoms with Crippen molar-refractivity contribution in [3.8, 4) is 18.2 Å². The second-order valence-electron chi connectivity index (χ2n) is 8.91. The molecule has 1 fully saturated rings. The van der Waals surface area contributed by atoms with Crippen molar-refractivity contribution < 1.29 is 0 Å². The SMILES string of the molecule is CNCCCCCNC1CCN(C2=C(C#N)C(=C(C#N)C#N)CC(C)(C)C2)CC1. The largest absolute Gasteiger partial charge is 0.374 e. The first kappa shape index (κ1) is 23.0. The molecule has 0 aromatic rings. The van der Waals surface area contributed by atoms with E-state index < -0.39 is 0 Å². The molecule has 0 saturated carbocycles. The second kappa shape index (κ2) is 11.0. The van der Waals surface area contributed by atoms with E-state index in [2.05, 4.69) is 35.5 Å². The van der Waals surface area contributed by atoms with Crippen LogP contribution in [0.15, 0.2) is 22.4 Å². The third kappa shape index (κ3) is 6.33. The van der Waals surface area contributed by atoms with Crippen LogP contribution in [-0.2, 0) is 0 Å². The summed E-state index contributed by atoms with van der Waals surface area (Å²) in [5, 5.41) is 35.4. The summed E-state index contributed by atoms with van der Waals surface area (Å²) >= 11 is 0. The summed E-state index contributed by atoms with van der Waals surface area (Å²) in [7, 11) is 1.99. The summed E-state index contributed by atoms with van der Waals surface area (Å²) in [4.78, 5) is 2.32. The van der Waals surface area contributed by atoms with E-state index in [0.717, 1.165) is 51.1 Å². The lowest BCUT2D eigenvalue weighted by molar-refractivity contribution is 0.207. The molecule has 0 atom stereocenters. The van der Waals surface area contributed by atoms with Gasteiger partial charge in [0.05, 0.1) is 5.57 Å². The Bertz CT molecular complexity index is 732. The molecule has 156 valence electrons. The fourth-order valence-corrected chi connectivity index (χ4v) is 4.38. The molecule has 29 heavy (non-hydrogen) atoms. The standard InChI is InChI=1S/C23H34N6/c1-23(2)13-20(18(15-24)16-25)21(17-26)22(14-23)29-11-7-19(8-12-29)28-10-6-4-5-9-27-3/h19,27-28H,4-14H2,1-3H3. The van der Waals surface area contributed by atoms with Crippen molar-refractivity contribution in [3.05, 3.63) is 22.4 Å². The van der Waals surface area contributed by atoms with Crippen LogP contribution in [0.5, 0.6) is 0 Å². The molecule has 1 saturated heterocycles. The number of unbranched alkanes of at least 4 members (excludes halogenated alkanes) is 2. The Morgan fingerprint density at radius 2 is 1.69 bits per heavy atom. The highest BCUT2D eigenvalue weighted by Crippen LogP contribution is 2.44. The number of hydrogen-bond donors (Lipinski definition) is 2. The summed E-state index contributed by atoms with van der Waals surface area (Å²) in [6.45, 7) is 8.27. The Labute approximate surface area is 175 Å². The first-order valence-electron chi connectivity index (χ1n) is 10.8. The molecule has 0 amide bonds. The van der Waals surface area contributed by atoms with Crippen LogP contribution in [0.25, 0.3) is 0 Å². The summed E-state index contributed by atoms with van der Waals surface area (Å²) in [5.74, 6) is 0. The number of likely N-dealkylation sites (tertiary alicyclic amines) is 1. The molecule has 0 spiro atoms. The minimum absolute atomic E-state index is 0.0631. The van der Waals surface area contributed by atoms with Gasteiger partial charge in [-0.1, -0.05) is 20.3 Å². The smallest absolute Gasteiger partial charge is 0.134 e. The van der Waals surface area contributed by atoms with Crippen molar-refractivity contribution in [3.63, 3.8) is 0 Å². The molecule has 0 aromatic heterocycles. The zero-order valence-corrected chi connectivity index (χ0v) is 18.1. The van der Waals surface area contributed by atoms with Crippen molar-refractivity contribution >= 4 is 0 Å². The van der Waals surface area contributed by atoms with E-state index in [1.54, 1.807) is 0 Å². The molecule has 0 bridgehead atoms. The second-order valence-corrected chi connectivity index (χ2v) is 8.91. The van der Waals surface area contributed by atoms with Gasteiger partial charge in [0.25, 0.3) is 0 Å². The van der Waals surface area contributed by atoms with Gasteiger partial charge in [0.1, 0.15) is 23.8 Å². The van der Waals surface area contributed by atoms with Gasteiger partial charge >= 0.3 is 0 Å². The lowest BCUT2D eigenvalue weighted by atomic mass is 9.72. The quantitative estimate of drug-likeness (QED) is 0.484. The van der Waals surface area contributed by atoms with Crippen LogP contribution in [0.1, 0.15) is 58.8 Å². The molecular weight excluding hydrogens is 360 g/mol. The maximum atomic E-state index is 9.83. The van der Waals surface area contributed by atoms with E-state index in [1.807, 2.05) is 19.2 Å². The lowest BCUT2D eigenvalue weighted by Crippen LogP contribution is -2.43. The number of rotatable bonds is 8. The fraction of sp³-hybridized carbons (Fsp3) is 0.696. The molecule has 6 heteroatoms. The van der Waals surface area contributed by atoms with E-state index in [0.29, 0.717) is 23.6 Å². The van der Waals surface area contributed by atoms with Gasteiger partial charge in [-0.15, -0.1) is 0 Å². The molecule has 1 aliphatic heterocycles. The maximum Gasteiger partial charge on any atom is 0.134 e. The fourth-order valence-electron chi connectivity index (χ4n) is 4.38. The van der Waals surface area contributed by atoms with Crippen LogP contribution in [0.3, 0.4) is 0 Å². The molecule has 0 unspecified atom stereocenters. The van der Waals surface area contributed by atoms with Crippen LogP contribution in [0, 0.1) is 39.4 Å². The van der Waals surface area contributed by atoms with Crippen molar-refractivity contribution in [2.24, 2.45) is 5.41 Å². The van der Waals surface area contributed by atoms with Gasteiger partial charge in [-0.2, -0.15) is 15.8 Å². The van der Waals surface area contributed by atoms with Gasteiger partial charge in [0.15, 0.2) is 0 Å². The first-order valence-corrected chi connectivity index (χ1v) is 10.8. The van der Waals surface area contributed by atoms with Gasteiger partial charge in [0.2, 0.25) is 0 Å². The van der Waals surface area contributed by atoms with Gasteiger partial charge in [0, 0.05) is 30.4 Å². The van der Waals surface area contributed by atoms with E-state index in [-0.39, 0.29) is 11.0 Å². The van der Waals surface area contributed by atoms with Gasteiger partial charge < -0.3 is 15.5 Å². The van der Waals surface area contributed by atoms with Crippen LogP contribution >= 0.6 is 0 Å². The number of piperidine rings is 1. The Morgan fingerprint density at radius 1 is 1.03 bits per heavy atom. The predicted molar refractivity (Wildman–Crippen MR) is 114 cm³/mol. The van der Waals surface area contributed by atoms with E-state index in [9.17, 15) is 15.8 Å². The Hall–Kier alpha value is -2.33. The summed E-state index contributed by atoms with van der Waals surface area (Å²) in [6, 6.07) is 6.84. The highest BCUT2D eigenvalue weighted by Gasteiger charge is 2.35. The number of nitrogens with one attached hydrogen (secondary N) is 2. The molecule has 0 radical (unpaired) electrons. The van der Waals surface area contributed by atoms with Gasteiger partial charge in [-0.25, -0.2) is 0 Å². The molecule has 0 aromatic carbocycles. The number of nitrogens with zero attached hydrogens (tertiary/aromatic N) is 4. The van der Waals surface area contributed by atoms with Crippen molar-refractivity contribution in [1.29, 1.82) is 15.8 Å². The molecule has 1 heterocycles. The van der Waals surface area contributed by atoms with Crippen molar-refractivity contribution in [1.82, 2.24) is 15.5 Å². The van der Waals surface area contributed by atoms with Crippen molar-refractivity contribution in [2.75, 3.05) is 33.2 Å². The Morgan fingerprint density at radius 3 is 2.28 bits per heavy atom. The molecule has 2 rings (SSSR count). The van der Waals surface area contributed by atoms with Crippen molar-refractivity contribution in [2.45, 2.75) is 64.8 Å². The molecule has 1 aliphatic carbocycles. The van der Waals surface area contributed by atoms with Gasteiger partial charge in [-0.3, -0.25) is 0 Å².